The zero-order valence-corrected chi connectivity index (χ0v) is 6.49. The molecule has 1 saturated carbocycles. The van der Waals surface area contributed by atoms with E-state index in [4.69, 9.17) is 10.8 Å². The highest BCUT2D eigenvalue weighted by atomic mass is 35.5. The average molecular weight is 166 g/mol. The zero-order valence-electron chi connectivity index (χ0n) is 5.67. The van der Waals surface area contributed by atoms with Crippen LogP contribution in [-0.2, 0) is 4.79 Å². The molecule has 0 heterocycles. The molecular formula is C6H12ClNO2. The highest BCUT2D eigenvalue weighted by Crippen LogP contribution is 2.48. The summed E-state index contributed by atoms with van der Waals surface area (Å²) in [6, 6.07) is 0. The predicted molar refractivity (Wildman–Crippen MR) is 40.2 cm³/mol. The Bertz CT molecular complexity index is 134. The second-order valence-electron chi connectivity index (χ2n) is 2.62. The molecule has 3 nitrogen and oxygen atoms in total. The molecule has 1 rings (SSSR count). The van der Waals surface area contributed by atoms with Crippen molar-refractivity contribution in [2.24, 2.45) is 11.1 Å². The zero-order chi connectivity index (χ0) is 6.91. The summed E-state index contributed by atoms with van der Waals surface area (Å²) in [7, 11) is 0. The van der Waals surface area contributed by atoms with E-state index in [1.54, 1.807) is 0 Å². The summed E-state index contributed by atoms with van der Waals surface area (Å²) in [5, 5.41) is 8.58. The summed E-state index contributed by atoms with van der Waals surface area (Å²) in [6.07, 6.45) is 2.28. The standard InChI is InChI=1S/C6H11NO2.ClH/c7-4-3-6(1-2-6)5(8)9;/h1-4,7H2,(H,8,9);1H. The summed E-state index contributed by atoms with van der Waals surface area (Å²) < 4.78 is 0. The molecule has 0 atom stereocenters. The van der Waals surface area contributed by atoms with E-state index in [1.807, 2.05) is 0 Å². The van der Waals surface area contributed by atoms with Crippen LogP contribution in [0.25, 0.3) is 0 Å². The van der Waals surface area contributed by atoms with Crippen LogP contribution in [0.15, 0.2) is 0 Å². The summed E-state index contributed by atoms with van der Waals surface area (Å²) in [5.41, 5.74) is 4.82. The topological polar surface area (TPSA) is 63.3 Å². The maximum atomic E-state index is 10.4. The molecule has 0 bridgehead atoms. The molecular weight excluding hydrogens is 154 g/mol. The fourth-order valence-corrected chi connectivity index (χ4v) is 0.998. The van der Waals surface area contributed by atoms with E-state index in [2.05, 4.69) is 0 Å². The Labute approximate surface area is 66.0 Å². The molecule has 1 aliphatic carbocycles. The molecule has 0 spiro atoms. The first-order chi connectivity index (χ1) is 4.21. The normalized spacial score (nSPS) is 19.3. The van der Waals surface area contributed by atoms with E-state index < -0.39 is 11.4 Å². The Hall–Kier alpha value is -0.280. The molecule has 0 aromatic heterocycles. The number of carbonyl (C=O) groups is 1. The van der Waals surface area contributed by atoms with Gasteiger partial charge in [-0.1, -0.05) is 0 Å². The lowest BCUT2D eigenvalue weighted by Gasteiger charge is -2.04. The van der Waals surface area contributed by atoms with Crippen molar-refractivity contribution in [2.75, 3.05) is 6.54 Å². The third-order valence-corrected chi connectivity index (χ3v) is 1.93. The van der Waals surface area contributed by atoms with Gasteiger partial charge in [0.05, 0.1) is 5.41 Å². The summed E-state index contributed by atoms with van der Waals surface area (Å²) in [6.45, 7) is 0.492. The van der Waals surface area contributed by atoms with E-state index in [1.165, 1.54) is 0 Å². The van der Waals surface area contributed by atoms with Crippen LogP contribution in [0.3, 0.4) is 0 Å². The van der Waals surface area contributed by atoms with E-state index in [-0.39, 0.29) is 12.4 Å². The van der Waals surface area contributed by atoms with Gasteiger partial charge in [-0.05, 0) is 25.8 Å². The largest absolute Gasteiger partial charge is 0.481 e. The molecule has 0 amide bonds. The maximum Gasteiger partial charge on any atom is 0.309 e. The van der Waals surface area contributed by atoms with E-state index in [0.29, 0.717) is 13.0 Å². The number of nitrogens with two attached hydrogens (primary N) is 1. The number of aliphatic carboxylic acids is 1. The average Bonchev–Trinajstić information content (AvgIpc) is 2.49. The number of carboxylic acid groups (broad SMARTS) is 1. The molecule has 4 heteroatoms. The second kappa shape index (κ2) is 3.21. The predicted octanol–water partition coefficient (Wildman–Crippen LogP) is 0.622. The fourth-order valence-electron chi connectivity index (χ4n) is 0.998. The molecule has 1 fully saturated rings. The lowest BCUT2D eigenvalue weighted by molar-refractivity contribution is -0.143. The highest BCUT2D eigenvalue weighted by Gasteiger charge is 2.49. The van der Waals surface area contributed by atoms with Gasteiger partial charge in [0.2, 0.25) is 0 Å². The van der Waals surface area contributed by atoms with Crippen LogP contribution in [0.4, 0.5) is 0 Å². The van der Waals surface area contributed by atoms with E-state index in [0.717, 1.165) is 12.8 Å². The van der Waals surface area contributed by atoms with Crippen molar-refractivity contribution in [3.8, 4) is 0 Å². The SMILES string of the molecule is Cl.NCCC1(C(=O)O)CC1. The molecule has 0 aliphatic heterocycles. The van der Waals surface area contributed by atoms with Gasteiger partial charge in [0.1, 0.15) is 0 Å². The van der Waals surface area contributed by atoms with Gasteiger partial charge in [-0.25, -0.2) is 0 Å². The van der Waals surface area contributed by atoms with Crippen molar-refractivity contribution >= 4 is 18.4 Å². The van der Waals surface area contributed by atoms with Crippen LogP contribution in [0.2, 0.25) is 0 Å². The number of hydrogen-bond donors (Lipinski definition) is 2. The lowest BCUT2D eigenvalue weighted by atomic mass is 10.0. The molecule has 0 aromatic carbocycles. The number of halogens is 1. The lowest BCUT2D eigenvalue weighted by Crippen LogP contribution is -2.18. The minimum Gasteiger partial charge on any atom is -0.481 e. The smallest absolute Gasteiger partial charge is 0.309 e. The monoisotopic (exact) mass is 165 g/mol. The Kier molecular flexibility index (Phi) is 3.12. The number of hydrogen-bond acceptors (Lipinski definition) is 2. The third-order valence-electron chi connectivity index (χ3n) is 1.93. The van der Waals surface area contributed by atoms with Crippen molar-refractivity contribution in [1.29, 1.82) is 0 Å². The van der Waals surface area contributed by atoms with Crippen molar-refractivity contribution in [3.63, 3.8) is 0 Å². The fraction of sp³-hybridized carbons (Fsp3) is 0.833. The van der Waals surface area contributed by atoms with E-state index >= 15 is 0 Å². The molecule has 60 valence electrons. The van der Waals surface area contributed by atoms with Crippen LogP contribution < -0.4 is 5.73 Å². The van der Waals surface area contributed by atoms with Crippen molar-refractivity contribution < 1.29 is 9.90 Å². The molecule has 0 unspecified atom stereocenters. The Morgan fingerprint density at radius 2 is 2.10 bits per heavy atom. The van der Waals surface area contributed by atoms with Crippen molar-refractivity contribution in [1.82, 2.24) is 0 Å². The molecule has 0 saturated heterocycles. The Balaban J connectivity index is 0.000000810. The maximum absolute atomic E-state index is 10.4. The first-order valence-electron chi connectivity index (χ1n) is 3.15. The minimum atomic E-state index is -0.673. The van der Waals surface area contributed by atoms with Crippen LogP contribution in [-0.4, -0.2) is 17.6 Å². The summed E-state index contributed by atoms with van der Waals surface area (Å²) >= 11 is 0. The molecule has 3 N–H and O–H groups in total. The van der Waals surface area contributed by atoms with Gasteiger partial charge in [-0.2, -0.15) is 0 Å². The van der Waals surface area contributed by atoms with Gasteiger partial charge in [0.25, 0.3) is 0 Å². The molecule has 1 aliphatic rings. The van der Waals surface area contributed by atoms with Gasteiger partial charge < -0.3 is 10.8 Å². The van der Waals surface area contributed by atoms with Crippen LogP contribution >= 0.6 is 12.4 Å². The van der Waals surface area contributed by atoms with Gasteiger partial charge in [0, 0.05) is 0 Å². The summed E-state index contributed by atoms with van der Waals surface area (Å²) in [4.78, 5) is 10.4. The van der Waals surface area contributed by atoms with Gasteiger partial charge in [0.15, 0.2) is 0 Å². The van der Waals surface area contributed by atoms with Crippen LogP contribution in [0, 0.1) is 5.41 Å². The first kappa shape index (κ1) is 9.72. The first-order valence-corrected chi connectivity index (χ1v) is 3.15. The highest BCUT2D eigenvalue weighted by molar-refractivity contribution is 5.85. The summed E-state index contributed by atoms with van der Waals surface area (Å²) in [5.74, 6) is -0.673. The van der Waals surface area contributed by atoms with Crippen molar-refractivity contribution in [3.05, 3.63) is 0 Å². The second-order valence-corrected chi connectivity index (χ2v) is 2.62. The number of rotatable bonds is 3. The van der Waals surface area contributed by atoms with Crippen molar-refractivity contribution in [2.45, 2.75) is 19.3 Å². The van der Waals surface area contributed by atoms with Crippen LogP contribution in [0.1, 0.15) is 19.3 Å². The van der Waals surface area contributed by atoms with E-state index in [9.17, 15) is 4.79 Å². The van der Waals surface area contributed by atoms with Gasteiger partial charge >= 0.3 is 5.97 Å². The Morgan fingerprint density at radius 3 is 2.20 bits per heavy atom. The molecule has 0 aromatic rings. The van der Waals surface area contributed by atoms with Gasteiger partial charge in [-0.15, -0.1) is 12.4 Å². The quantitative estimate of drug-likeness (QED) is 0.645. The number of carboxylic acids is 1. The third kappa shape index (κ3) is 1.61. The molecule has 10 heavy (non-hydrogen) atoms. The van der Waals surface area contributed by atoms with Crippen LogP contribution in [0.5, 0.6) is 0 Å². The molecule has 0 radical (unpaired) electrons. The van der Waals surface area contributed by atoms with Gasteiger partial charge in [-0.3, -0.25) is 4.79 Å². The minimum absolute atomic E-state index is 0. The Morgan fingerprint density at radius 1 is 1.60 bits per heavy atom.